The predicted molar refractivity (Wildman–Crippen MR) is 63.6 cm³/mol. The summed E-state index contributed by atoms with van der Waals surface area (Å²) in [5.74, 6) is 0. The second-order valence-corrected chi connectivity index (χ2v) is 4.93. The Morgan fingerprint density at radius 3 is 3.06 bits per heavy atom. The van der Waals surface area contributed by atoms with E-state index in [0.29, 0.717) is 27.5 Å². The summed E-state index contributed by atoms with van der Waals surface area (Å²) in [5, 5.41) is 21.8. The fourth-order valence-corrected chi connectivity index (χ4v) is 2.37. The molecule has 0 radical (unpaired) electrons. The van der Waals surface area contributed by atoms with Crippen LogP contribution in [0.3, 0.4) is 0 Å². The number of aromatic nitrogens is 5. The number of tetrazole rings is 1. The second kappa shape index (κ2) is 4.27. The molecule has 7 nitrogen and oxygen atoms in total. The Balaban J connectivity index is 1.92. The zero-order chi connectivity index (χ0) is 12.5. The highest BCUT2D eigenvalue weighted by Gasteiger charge is 2.28. The minimum atomic E-state index is 0.391. The number of hydrogen-bond acceptors (Lipinski definition) is 7. The second-order valence-electron chi connectivity index (χ2n) is 3.97. The van der Waals surface area contributed by atoms with Gasteiger partial charge in [-0.1, -0.05) is 0 Å². The lowest BCUT2D eigenvalue weighted by molar-refractivity contribution is 0.565. The molecule has 0 bridgehead atoms. The van der Waals surface area contributed by atoms with E-state index in [1.54, 1.807) is 10.7 Å². The lowest BCUT2D eigenvalue weighted by Crippen LogP contribution is -1.99. The van der Waals surface area contributed by atoms with E-state index in [9.17, 15) is 0 Å². The molecule has 18 heavy (non-hydrogen) atoms. The summed E-state index contributed by atoms with van der Waals surface area (Å²) >= 11 is 1.29. The number of anilines is 1. The van der Waals surface area contributed by atoms with E-state index >= 15 is 0 Å². The van der Waals surface area contributed by atoms with Crippen LogP contribution in [0.2, 0.25) is 0 Å². The van der Waals surface area contributed by atoms with E-state index in [-0.39, 0.29) is 0 Å². The van der Waals surface area contributed by atoms with Crippen LogP contribution in [-0.2, 0) is 0 Å². The average Bonchev–Trinajstić information content (AvgIpc) is 3.12. The van der Waals surface area contributed by atoms with Gasteiger partial charge < -0.3 is 5.73 Å². The van der Waals surface area contributed by atoms with Crippen molar-refractivity contribution in [3.05, 3.63) is 17.8 Å². The first-order valence-corrected chi connectivity index (χ1v) is 6.21. The van der Waals surface area contributed by atoms with E-state index in [4.69, 9.17) is 11.0 Å². The van der Waals surface area contributed by atoms with Crippen LogP contribution in [0, 0.1) is 11.3 Å². The summed E-state index contributed by atoms with van der Waals surface area (Å²) in [6.45, 7) is 0. The topological polar surface area (TPSA) is 106 Å². The number of nitrogens with zero attached hydrogens (tertiary/aromatic N) is 6. The van der Waals surface area contributed by atoms with Gasteiger partial charge in [-0.3, -0.25) is 0 Å². The Morgan fingerprint density at radius 1 is 1.50 bits per heavy atom. The number of nitriles is 1. The molecule has 1 aliphatic carbocycles. The number of nitrogen functional groups attached to an aromatic ring is 1. The van der Waals surface area contributed by atoms with Crippen molar-refractivity contribution in [1.29, 1.82) is 5.26 Å². The molecule has 2 N–H and O–H groups in total. The van der Waals surface area contributed by atoms with Crippen molar-refractivity contribution in [2.75, 3.05) is 5.73 Å². The third kappa shape index (κ3) is 2.00. The molecular weight excluding hydrogens is 250 g/mol. The molecule has 1 aliphatic rings. The molecule has 90 valence electrons. The van der Waals surface area contributed by atoms with Crippen molar-refractivity contribution < 1.29 is 0 Å². The van der Waals surface area contributed by atoms with Gasteiger partial charge in [-0.25, -0.2) is 9.67 Å². The molecule has 0 saturated heterocycles. The summed E-state index contributed by atoms with van der Waals surface area (Å²) in [7, 11) is 0. The lowest BCUT2D eigenvalue weighted by atomic mass is 10.3. The number of pyridine rings is 1. The van der Waals surface area contributed by atoms with E-state index in [0.717, 1.165) is 12.8 Å². The van der Waals surface area contributed by atoms with Crippen molar-refractivity contribution in [3.8, 4) is 6.07 Å². The standard InChI is InChI=1S/C10H9N7S/c11-4-6-3-7(12)5-13-9(6)18-10-14-15-16-17(10)8-1-2-8/h3,5,8H,1-2,12H2. The highest BCUT2D eigenvalue weighted by Crippen LogP contribution is 2.38. The molecule has 8 heteroatoms. The van der Waals surface area contributed by atoms with Crippen molar-refractivity contribution in [2.24, 2.45) is 0 Å². The zero-order valence-electron chi connectivity index (χ0n) is 9.32. The first kappa shape index (κ1) is 11.0. The minimum absolute atomic E-state index is 0.391. The van der Waals surface area contributed by atoms with Gasteiger partial charge in [0.1, 0.15) is 11.1 Å². The van der Waals surface area contributed by atoms with Gasteiger partial charge in [0.15, 0.2) is 0 Å². The summed E-state index contributed by atoms with van der Waals surface area (Å²) in [4.78, 5) is 4.15. The molecule has 0 spiro atoms. The highest BCUT2D eigenvalue weighted by atomic mass is 32.2. The van der Waals surface area contributed by atoms with Crippen LogP contribution >= 0.6 is 11.8 Å². The monoisotopic (exact) mass is 259 g/mol. The third-order valence-corrected chi connectivity index (χ3v) is 3.51. The predicted octanol–water partition coefficient (Wildman–Crippen LogP) is 1.01. The van der Waals surface area contributed by atoms with E-state index in [2.05, 4.69) is 26.6 Å². The van der Waals surface area contributed by atoms with Gasteiger partial charge >= 0.3 is 0 Å². The maximum atomic E-state index is 9.04. The van der Waals surface area contributed by atoms with Gasteiger partial charge in [-0.2, -0.15) is 5.26 Å². The summed E-state index contributed by atoms with van der Waals surface area (Å²) in [5.41, 5.74) is 6.50. The Labute approximate surface area is 107 Å². The van der Waals surface area contributed by atoms with Gasteiger partial charge in [-0.05, 0) is 41.1 Å². The van der Waals surface area contributed by atoms with Crippen molar-refractivity contribution in [3.63, 3.8) is 0 Å². The Kier molecular flexibility index (Phi) is 2.60. The van der Waals surface area contributed by atoms with Crippen LogP contribution in [0.4, 0.5) is 5.69 Å². The molecule has 2 heterocycles. The minimum Gasteiger partial charge on any atom is -0.397 e. The van der Waals surface area contributed by atoms with Crippen LogP contribution < -0.4 is 5.73 Å². The first-order valence-electron chi connectivity index (χ1n) is 5.39. The molecule has 1 saturated carbocycles. The van der Waals surface area contributed by atoms with Crippen LogP contribution in [0.1, 0.15) is 24.4 Å². The van der Waals surface area contributed by atoms with E-state index in [1.807, 2.05) is 0 Å². The molecule has 2 aromatic heterocycles. The maximum Gasteiger partial charge on any atom is 0.215 e. The van der Waals surface area contributed by atoms with Crippen molar-refractivity contribution in [2.45, 2.75) is 29.1 Å². The molecule has 0 unspecified atom stereocenters. The normalized spacial score (nSPS) is 14.4. The Bertz CT molecular complexity index is 625. The number of rotatable bonds is 3. The Hall–Kier alpha value is -2.14. The summed E-state index contributed by atoms with van der Waals surface area (Å²) in [6.07, 6.45) is 3.71. The quantitative estimate of drug-likeness (QED) is 0.876. The van der Waals surface area contributed by atoms with Crippen molar-refractivity contribution >= 4 is 17.4 Å². The van der Waals surface area contributed by atoms with E-state index < -0.39 is 0 Å². The molecule has 0 atom stereocenters. The average molecular weight is 259 g/mol. The maximum absolute atomic E-state index is 9.04. The van der Waals surface area contributed by atoms with Gasteiger partial charge in [-0.15, -0.1) is 5.10 Å². The molecule has 0 amide bonds. The zero-order valence-corrected chi connectivity index (χ0v) is 10.1. The SMILES string of the molecule is N#Cc1cc(N)cnc1Sc1nnnn1C1CC1. The van der Waals surface area contributed by atoms with Crippen molar-refractivity contribution in [1.82, 2.24) is 25.2 Å². The van der Waals surface area contributed by atoms with Gasteiger partial charge in [0.25, 0.3) is 0 Å². The first-order chi connectivity index (χ1) is 8.78. The molecule has 3 rings (SSSR count). The fourth-order valence-electron chi connectivity index (χ4n) is 1.52. The van der Waals surface area contributed by atoms with Crippen LogP contribution in [0.25, 0.3) is 0 Å². The lowest BCUT2D eigenvalue weighted by Gasteiger charge is -2.03. The van der Waals surface area contributed by atoms with Crippen LogP contribution in [0.5, 0.6) is 0 Å². The fraction of sp³-hybridized carbons (Fsp3) is 0.300. The molecular formula is C10H9N7S. The summed E-state index contributed by atoms with van der Waals surface area (Å²) in [6, 6.07) is 4.06. The van der Waals surface area contributed by atoms with Gasteiger partial charge in [0.2, 0.25) is 5.16 Å². The molecule has 0 aromatic carbocycles. The highest BCUT2D eigenvalue weighted by molar-refractivity contribution is 7.99. The Morgan fingerprint density at radius 2 is 2.33 bits per heavy atom. The van der Waals surface area contributed by atoms with Crippen LogP contribution in [0.15, 0.2) is 22.4 Å². The third-order valence-electron chi connectivity index (χ3n) is 2.54. The largest absolute Gasteiger partial charge is 0.397 e. The smallest absolute Gasteiger partial charge is 0.215 e. The van der Waals surface area contributed by atoms with Gasteiger partial charge in [0.05, 0.1) is 23.5 Å². The number of nitrogens with two attached hydrogens (primary N) is 1. The summed E-state index contributed by atoms with van der Waals surface area (Å²) < 4.78 is 1.78. The number of hydrogen-bond donors (Lipinski definition) is 1. The van der Waals surface area contributed by atoms with Gasteiger partial charge in [0, 0.05) is 0 Å². The molecule has 1 fully saturated rings. The van der Waals surface area contributed by atoms with E-state index in [1.165, 1.54) is 18.0 Å². The molecule has 0 aliphatic heterocycles. The van der Waals surface area contributed by atoms with Crippen LogP contribution in [-0.4, -0.2) is 25.2 Å². The molecule has 2 aromatic rings.